The number of para-hydroxylation sites is 1. The predicted molar refractivity (Wildman–Crippen MR) is 86.6 cm³/mol. The Balaban J connectivity index is 0.00000127. The summed E-state index contributed by atoms with van der Waals surface area (Å²) in [7, 11) is 0. The van der Waals surface area contributed by atoms with Gasteiger partial charge in [-0.1, -0.05) is 39.8 Å². The molecule has 0 saturated heterocycles. The Morgan fingerprint density at radius 3 is 2.39 bits per heavy atom. The lowest BCUT2D eigenvalue weighted by molar-refractivity contribution is -0.144. The molecule has 2 aromatic rings. The average molecular weight is 346 g/mol. The van der Waals surface area contributed by atoms with Crippen molar-refractivity contribution in [1.82, 2.24) is 9.36 Å². The highest BCUT2D eigenvalue weighted by atomic mass is 32.1. The van der Waals surface area contributed by atoms with Crippen LogP contribution < -0.4 is 4.74 Å². The maximum atomic E-state index is 12.6. The van der Waals surface area contributed by atoms with Crippen LogP contribution in [0.2, 0.25) is 0 Å². The number of rotatable bonds is 5. The normalized spacial score (nSPS) is 11.1. The monoisotopic (exact) mass is 346 g/mol. The van der Waals surface area contributed by atoms with Crippen molar-refractivity contribution in [3.63, 3.8) is 0 Å². The maximum absolute atomic E-state index is 12.6. The Labute approximate surface area is 138 Å². The second-order valence-corrected chi connectivity index (χ2v) is 5.70. The van der Waals surface area contributed by atoms with Crippen LogP contribution in [0.3, 0.4) is 0 Å². The molecule has 0 aliphatic rings. The molecular formula is C16H21F3N2OS. The Hall–Kier alpha value is -1.63. The summed E-state index contributed by atoms with van der Waals surface area (Å²) in [6, 6.07) is 6.93. The molecule has 23 heavy (non-hydrogen) atoms. The van der Waals surface area contributed by atoms with Gasteiger partial charge in [0.25, 0.3) is 0 Å². The van der Waals surface area contributed by atoms with E-state index < -0.39 is 12.0 Å². The molecule has 0 atom stereocenters. The SMILES string of the molecule is CC.CC(C)CCOc1ccccc1-c1nc(C(F)(F)F)ns1. The summed E-state index contributed by atoms with van der Waals surface area (Å²) < 4.78 is 46.7. The van der Waals surface area contributed by atoms with Gasteiger partial charge in [-0.05, 0) is 36.0 Å². The molecule has 0 amide bonds. The van der Waals surface area contributed by atoms with Crippen LogP contribution in [0.15, 0.2) is 24.3 Å². The first-order chi connectivity index (χ1) is 10.9. The third-order valence-electron chi connectivity index (χ3n) is 2.75. The van der Waals surface area contributed by atoms with Crippen LogP contribution in [-0.4, -0.2) is 16.0 Å². The van der Waals surface area contributed by atoms with Gasteiger partial charge in [-0.2, -0.15) is 17.5 Å². The van der Waals surface area contributed by atoms with E-state index in [1.165, 1.54) is 0 Å². The minimum atomic E-state index is -4.53. The zero-order valence-corrected chi connectivity index (χ0v) is 14.5. The van der Waals surface area contributed by atoms with Crippen molar-refractivity contribution in [3.05, 3.63) is 30.1 Å². The molecule has 1 heterocycles. The number of nitrogens with zero attached hydrogens (tertiary/aromatic N) is 2. The average Bonchev–Trinajstić information content (AvgIpc) is 2.99. The second-order valence-electron chi connectivity index (χ2n) is 4.95. The van der Waals surface area contributed by atoms with Crippen LogP contribution >= 0.6 is 11.5 Å². The third kappa shape index (κ3) is 5.82. The number of aromatic nitrogens is 2. The molecule has 0 saturated carbocycles. The maximum Gasteiger partial charge on any atom is 0.452 e. The summed E-state index contributed by atoms with van der Waals surface area (Å²) in [5.74, 6) is -0.0852. The zero-order chi connectivity index (χ0) is 17.5. The third-order valence-corrected chi connectivity index (χ3v) is 3.50. The van der Waals surface area contributed by atoms with Crippen molar-refractivity contribution in [2.45, 2.75) is 40.3 Å². The van der Waals surface area contributed by atoms with Crippen LogP contribution in [0.25, 0.3) is 10.6 Å². The first-order valence-corrected chi connectivity index (χ1v) is 8.28. The molecule has 1 aromatic heterocycles. The van der Waals surface area contributed by atoms with Crippen molar-refractivity contribution in [2.24, 2.45) is 5.92 Å². The highest BCUT2D eigenvalue weighted by Crippen LogP contribution is 2.35. The molecule has 0 aliphatic heterocycles. The zero-order valence-electron chi connectivity index (χ0n) is 13.6. The van der Waals surface area contributed by atoms with Crippen molar-refractivity contribution in [3.8, 4) is 16.3 Å². The largest absolute Gasteiger partial charge is 0.493 e. The first kappa shape index (κ1) is 19.4. The molecule has 0 N–H and O–H groups in total. The van der Waals surface area contributed by atoms with E-state index >= 15 is 0 Å². The number of alkyl halides is 3. The Morgan fingerprint density at radius 2 is 1.83 bits per heavy atom. The second kappa shape index (κ2) is 8.86. The number of halogens is 3. The van der Waals surface area contributed by atoms with E-state index in [2.05, 4.69) is 23.2 Å². The molecule has 3 nitrogen and oxygen atoms in total. The fourth-order valence-corrected chi connectivity index (χ4v) is 2.33. The van der Waals surface area contributed by atoms with Gasteiger partial charge in [-0.25, -0.2) is 4.98 Å². The van der Waals surface area contributed by atoms with Crippen LogP contribution in [0.5, 0.6) is 5.75 Å². The number of benzene rings is 1. The van der Waals surface area contributed by atoms with E-state index in [1.807, 2.05) is 13.8 Å². The molecule has 1 aromatic carbocycles. The molecule has 0 unspecified atom stereocenters. The fraction of sp³-hybridized carbons (Fsp3) is 0.500. The standard InChI is InChI=1S/C14H15F3N2OS.C2H6/c1-9(2)7-8-20-11-6-4-3-5-10(11)12-18-13(19-21-12)14(15,16)17;1-2/h3-6,9H,7-8H2,1-2H3;1-2H3. The van der Waals surface area contributed by atoms with Crippen LogP contribution in [0.4, 0.5) is 13.2 Å². The van der Waals surface area contributed by atoms with Gasteiger partial charge < -0.3 is 4.74 Å². The molecule has 2 rings (SSSR count). The Kier molecular flexibility index (Phi) is 7.48. The molecule has 0 aliphatic carbocycles. The van der Waals surface area contributed by atoms with Crippen LogP contribution in [-0.2, 0) is 6.18 Å². The van der Waals surface area contributed by atoms with Crippen molar-refractivity contribution >= 4 is 11.5 Å². The van der Waals surface area contributed by atoms with Crippen molar-refractivity contribution < 1.29 is 17.9 Å². The fourth-order valence-electron chi connectivity index (χ4n) is 1.62. The summed E-state index contributed by atoms with van der Waals surface area (Å²) in [5.41, 5.74) is 0.536. The lowest BCUT2D eigenvalue weighted by Gasteiger charge is -2.10. The summed E-state index contributed by atoms with van der Waals surface area (Å²) in [4.78, 5) is 3.56. The van der Waals surface area contributed by atoms with Crippen molar-refractivity contribution in [1.29, 1.82) is 0 Å². The Morgan fingerprint density at radius 1 is 1.17 bits per heavy atom. The van der Waals surface area contributed by atoms with Gasteiger partial charge in [0, 0.05) is 0 Å². The topological polar surface area (TPSA) is 35.0 Å². The summed E-state index contributed by atoms with van der Waals surface area (Å²) >= 11 is 0.722. The number of ether oxygens (including phenoxy) is 1. The van der Waals surface area contributed by atoms with E-state index in [0.29, 0.717) is 23.8 Å². The van der Waals surface area contributed by atoms with Gasteiger partial charge in [0.15, 0.2) is 0 Å². The van der Waals surface area contributed by atoms with Gasteiger partial charge in [0.1, 0.15) is 10.8 Å². The van der Waals surface area contributed by atoms with Gasteiger partial charge >= 0.3 is 6.18 Å². The summed E-state index contributed by atoms with van der Waals surface area (Å²) in [6.45, 7) is 8.67. The molecule has 0 radical (unpaired) electrons. The lowest BCUT2D eigenvalue weighted by atomic mass is 10.1. The molecule has 128 valence electrons. The smallest absolute Gasteiger partial charge is 0.452 e. The van der Waals surface area contributed by atoms with Gasteiger partial charge in [-0.15, -0.1) is 0 Å². The lowest BCUT2D eigenvalue weighted by Crippen LogP contribution is -2.07. The van der Waals surface area contributed by atoms with Crippen molar-refractivity contribution in [2.75, 3.05) is 6.61 Å². The van der Waals surface area contributed by atoms with Crippen LogP contribution in [0.1, 0.15) is 39.9 Å². The van der Waals surface area contributed by atoms with Crippen LogP contribution in [0, 0.1) is 5.92 Å². The highest BCUT2D eigenvalue weighted by molar-refractivity contribution is 7.09. The van der Waals surface area contributed by atoms with E-state index in [0.717, 1.165) is 18.0 Å². The minimum Gasteiger partial charge on any atom is -0.493 e. The number of hydrogen-bond acceptors (Lipinski definition) is 4. The first-order valence-electron chi connectivity index (χ1n) is 7.51. The molecule has 0 spiro atoms. The number of hydrogen-bond donors (Lipinski definition) is 0. The van der Waals surface area contributed by atoms with Gasteiger partial charge in [0.05, 0.1) is 12.2 Å². The summed E-state index contributed by atoms with van der Waals surface area (Å²) in [6.07, 6.45) is -3.65. The van der Waals surface area contributed by atoms with E-state index in [4.69, 9.17) is 4.74 Å². The minimum absolute atomic E-state index is 0.211. The molecule has 7 heteroatoms. The Bertz CT molecular complexity index is 597. The molecular weight excluding hydrogens is 325 g/mol. The van der Waals surface area contributed by atoms with Gasteiger partial charge in [0.2, 0.25) is 5.82 Å². The van der Waals surface area contributed by atoms with E-state index in [1.54, 1.807) is 24.3 Å². The quantitative estimate of drug-likeness (QED) is 0.699. The highest BCUT2D eigenvalue weighted by Gasteiger charge is 2.36. The van der Waals surface area contributed by atoms with E-state index in [9.17, 15) is 13.2 Å². The molecule has 0 bridgehead atoms. The van der Waals surface area contributed by atoms with E-state index in [-0.39, 0.29) is 5.01 Å². The summed E-state index contributed by atoms with van der Waals surface area (Å²) in [5, 5.41) is 0.211. The van der Waals surface area contributed by atoms with Gasteiger partial charge in [-0.3, -0.25) is 0 Å². The predicted octanol–water partition coefficient (Wildman–Crippen LogP) is 5.68. The molecule has 0 fully saturated rings.